The number of hydrogen-bond acceptors (Lipinski definition) is 3. The van der Waals surface area contributed by atoms with Crippen LogP contribution in [0.1, 0.15) is 42.6 Å². The maximum Gasteiger partial charge on any atom is 0.254 e. The average Bonchev–Trinajstić information content (AvgIpc) is 2.28. The summed E-state index contributed by atoms with van der Waals surface area (Å²) in [4.78, 5) is 11.1. The first-order valence-electron chi connectivity index (χ1n) is 4.10. The van der Waals surface area contributed by atoms with Crippen LogP contribution in [0.3, 0.4) is 0 Å². The summed E-state index contributed by atoms with van der Waals surface area (Å²) in [6.07, 6.45) is 0. The van der Waals surface area contributed by atoms with E-state index in [2.05, 4.69) is 5.16 Å². The number of primary amides is 1. The highest BCUT2D eigenvalue weighted by Gasteiger charge is 2.27. The normalized spacial score (nSPS) is 11.7. The highest BCUT2D eigenvalue weighted by molar-refractivity contribution is 5.95. The molecule has 0 aromatic carbocycles. The first-order chi connectivity index (χ1) is 5.84. The predicted molar refractivity (Wildman–Crippen MR) is 48.5 cm³/mol. The SMILES string of the molecule is Cc1noc(C(C)(C)C)c1C(N)=O. The fraction of sp³-hybridized carbons (Fsp3) is 0.556. The number of aromatic nitrogens is 1. The molecule has 0 aliphatic rings. The van der Waals surface area contributed by atoms with E-state index < -0.39 is 5.91 Å². The second kappa shape index (κ2) is 2.87. The van der Waals surface area contributed by atoms with Gasteiger partial charge in [0.1, 0.15) is 5.56 Å². The minimum absolute atomic E-state index is 0.244. The van der Waals surface area contributed by atoms with Crippen LogP contribution in [0.5, 0.6) is 0 Å². The van der Waals surface area contributed by atoms with E-state index in [1.54, 1.807) is 6.92 Å². The molecule has 0 bridgehead atoms. The lowest BCUT2D eigenvalue weighted by Crippen LogP contribution is -2.20. The third kappa shape index (κ3) is 1.71. The first-order valence-corrected chi connectivity index (χ1v) is 4.10. The molecule has 0 aliphatic carbocycles. The number of hydrogen-bond donors (Lipinski definition) is 1. The summed E-state index contributed by atoms with van der Waals surface area (Å²) in [5, 5.41) is 3.73. The van der Waals surface area contributed by atoms with Crippen LogP contribution in [0.2, 0.25) is 0 Å². The molecular weight excluding hydrogens is 168 g/mol. The van der Waals surface area contributed by atoms with Crippen molar-refractivity contribution in [2.24, 2.45) is 5.73 Å². The van der Waals surface area contributed by atoms with Crippen molar-refractivity contribution in [3.63, 3.8) is 0 Å². The molecule has 0 unspecified atom stereocenters. The highest BCUT2D eigenvalue weighted by atomic mass is 16.5. The van der Waals surface area contributed by atoms with Gasteiger partial charge in [0, 0.05) is 5.41 Å². The Morgan fingerprint density at radius 1 is 1.46 bits per heavy atom. The van der Waals surface area contributed by atoms with Gasteiger partial charge in [0.15, 0.2) is 5.76 Å². The van der Waals surface area contributed by atoms with Crippen LogP contribution in [-0.2, 0) is 5.41 Å². The Balaban J connectivity index is 3.31. The van der Waals surface area contributed by atoms with Gasteiger partial charge >= 0.3 is 0 Å². The van der Waals surface area contributed by atoms with Crippen LogP contribution in [0.15, 0.2) is 4.52 Å². The molecule has 0 radical (unpaired) electrons. The summed E-state index contributed by atoms with van der Waals surface area (Å²) in [6.45, 7) is 7.54. The topological polar surface area (TPSA) is 69.1 Å². The van der Waals surface area contributed by atoms with Gasteiger partial charge in [0.2, 0.25) is 0 Å². The van der Waals surface area contributed by atoms with Gasteiger partial charge in [-0.2, -0.15) is 0 Å². The molecule has 0 fully saturated rings. The van der Waals surface area contributed by atoms with Crippen molar-refractivity contribution in [3.05, 3.63) is 17.0 Å². The third-order valence-corrected chi connectivity index (χ3v) is 1.79. The predicted octanol–water partition coefficient (Wildman–Crippen LogP) is 1.38. The standard InChI is InChI=1S/C9H14N2O2/c1-5-6(8(10)12)7(13-11-5)9(2,3)4/h1-4H3,(H2,10,12). The maximum atomic E-state index is 11.1. The van der Waals surface area contributed by atoms with Crippen molar-refractivity contribution in [1.82, 2.24) is 5.16 Å². The van der Waals surface area contributed by atoms with E-state index in [1.165, 1.54) is 0 Å². The Labute approximate surface area is 77.1 Å². The van der Waals surface area contributed by atoms with E-state index in [1.807, 2.05) is 20.8 Å². The lowest BCUT2D eigenvalue weighted by Gasteiger charge is -2.14. The molecule has 1 rings (SSSR count). The molecule has 2 N–H and O–H groups in total. The van der Waals surface area contributed by atoms with Crippen molar-refractivity contribution >= 4 is 5.91 Å². The zero-order valence-electron chi connectivity index (χ0n) is 8.34. The van der Waals surface area contributed by atoms with Gasteiger partial charge in [-0.25, -0.2) is 0 Å². The Bertz CT molecular complexity index is 334. The molecule has 0 atom stereocenters. The van der Waals surface area contributed by atoms with Crippen LogP contribution < -0.4 is 5.73 Å². The molecule has 0 spiro atoms. The van der Waals surface area contributed by atoms with E-state index in [-0.39, 0.29) is 5.41 Å². The molecule has 1 heterocycles. The molecule has 72 valence electrons. The molecule has 0 saturated heterocycles. The van der Waals surface area contributed by atoms with Crippen molar-refractivity contribution < 1.29 is 9.32 Å². The monoisotopic (exact) mass is 182 g/mol. The molecule has 0 saturated carbocycles. The summed E-state index contributed by atoms with van der Waals surface area (Å²) < 4.78 is 5.07. The zero-order valence-corrected chi connectivity index (χ0v) is 8.34. The molecule has 1 amide bonds. The Kier molecular flexibility index (Phi) is 2.15. The third-order valence-electron chi connectivity index (χ3n) is 1.79. The number of nitrogens with zero attached hydrogens (tertiary/aromatic N) is 1. The van der Waals surface area contributed by atoms with Crippen molar-refractivity contribution in [1.29, 1.82) is 0 Å². The number of amides is 1. The van der Waals surface area contributed by atoms with Gasteiger partial charge in [-0.05, 0) is 6.92 Å². The number of carbonyl (C=O) groups excluding carboxylic acids is 1. The first kappa shape index (κ1) is 9.77. The van der Waals surface area contributed by atoms with Gasteiger partial charge in [-0.1, -0.05) is 25.9 Å². The van der Waals surface area contributed by atoms with E-state index >= 15 is 0 Å². The van der Waals surface area contributed by atoms with Gasteiger partial charge in [-0.15, -0.1) is 0 Å². The summed E-state index contributed by atoms with van der Waals surface area (Å²) >= 11 is 0. The summed E-state index contributed by atoms with van der Waals surface area (Å²) in [5.74, 6) is 0.0705. The van der Waals surface area contributed by atoms with Crippen LogP contribution in [-0.4, -0.2) is 11.1 Å². The fourth-order valence-electron chi connectivity index (χ4n) is 1.17. The van der Waals surface area contributed by atoms with Crippen LogP contribution in [0.4, 0.5) is 0 Å². The lowest BCUT2D eigenvalue weighted by atomic mass is 9.89. The summed E-state index contributed by atoms with van der Waals surface area (Å²) in [7, 11) is 0. The smallest absolute Gasteiger partial charge is 0.254 e. The van der Waals surface area contributed by atoms with Crippen molar-refractivity contribution in [2.45, 2.75) is 33.1 Å². The second-order valence-corrected chi connectivity index (χ2v) is 4.09. The maximum absolute atomic E-state index is 11.1. The molecule has 0 aliphatic heterocycles. The second-order valence-electron chi connectivity index (χ2n) is 4.09. The van der Waals surface area contributed by atoms with Crippen molar-refractivity contribution in [2.75, 3.05) is 0 Å². The molecule has 4 heteroatoms. The van der Waals surface area contributed by atoms with Gasteiger partial charge < -0.3 is 10.3 Å². The average molecular weight is 182 g/mol. The Morgan fingerprint density at radius 2 is 2.00 bits per heavy atom. The minimum Gasteiger partial charge on any atom is -0.365 e. The largest absolute Gasteiger partial charge is 0.365 e. The molecule has 1 aromatic rings. The highest BCUT2D eigenvalue weighted by Crippen LogP contribution is 2.27. The van der Waals surface area contributed by atoms with E-state index in [0.29, 0.717) is 17.0 Å². The number of carbonyl (C=O) groups is 1. The zero-order chi connectivity index (χ0) is 10.2. The van der Waals surface area contributed by atoms with Gasteiger partial charge in [0.05, 0.1) is 5.69 Å². The van der Waals surface area contributed by atoms with Gasteiger partial charge in [-0.3, -0.25) is 4.79 Å². The number of aryl methyl sites for hydroxylation is 1. The quantitative estimate of drug-likeness (QED) is 0.713. The van der Waals surface area contributed by atoms with Crippen molar-refractivity contribution in [3.8, 4) is 0 Å². The number of rotatable bonds is 1. The Morgan fingerprint density at radius 3 is 2.31 bits per heavy atom. The summed E-state index contributed by atoms with van der Waals surface area (Å²) in [5.41, 5.74) is 5.94. The molecule has 4 nitrogen and oxygen atoms in total. The molecular formula is C9H14N2O2. The van der Waals surface area contributed by atoms with Crippen LogP contribution in [0, 0.1) is 6.92 Å². The van der Waals surface area contributed by atoms with E-state index in [0.717, 1.165) is 0 Å². The van der Waals surface area contributed by atoms with Crippen LogP contribution in [0.25, 0.3) is 0 Å². The summed E-state index contributed by atoms with van der Waals surface area (Å²) in [6, 6.07) is 0. The van der Waals surface area contributed by atoms with Crippen LogP contribution >= 0.6 is 0 Å². The lowest BCUT2D eigenvalue weighted by molar-refractivity contribution is 0.0996. The Hall–Kier alpha value is -1.32. The van der Waals surface area contributed by atoms with Gasteiger partial charge in [0.25, 0.3) is 5.91 Å². The van der Waals surface area contributed by atoms with E-state index in [4.69, 9.17) is 10.3 Å². The molecule has 13 heavy (non-hydrogen) atoms. The fourth-order valence-corrected chi connectivity index (χ4v) is 1.17. The minimum atomic E-state index is -0.483. The van der Waals surface area contributed by atoms with E-state index in [9.17, 15) is 4.79 Å². The number of nitrogens with two attached hydrogens (primary N) is 1. The molecule has 1 aromatic heterocycles.